The second-order valence-electron chi connectivity index (χ2n) is 4.24. The van der Waals surface area contributed by atoms with Gasteiger partial charge in [-0.15, -0.1) is 0 Å². The van der Waals surface area contributed by atoms with Gasteiger partial charge in [0.05, 0.1) is 5.56 Å². The zero-order valence-corrected chi connectivity index (χ0v) is 13.1. The van der Waals surface area contributed by atoms with Crippen LogP contribution < -0.4 is 0 Å². The van der Waals surface area contributed by atoms with E-state index in [0.717, 1.165) is 29.1 Å². The normalized spacial score (nSPS) is 11.7. The summed E-state index contributed by atoms with van der Waals surface area (Å²) in [5.74, 6) is 0. The first kappa shape index (κ1) is 15.4. The van der Waals surface area contributed by atoms with Crippen LogP contribution in [0.4, 0.5) is 13.2 Å². The summed E-state index contributed by atoms with van der Waals surface area (Å²) >= 11 is 4.21. The number of hydrogen-bond donors (Lipinski definition) is 0. The monoisotopic (exact) mass is 360 g/mol. The van der Waals surface area contributed by atoms with Crippen LogP contribution in [0.3, 0.4) is 0 Å². The van der Waals surface area contributed by atoms with E-state index in [2.05, 4.69) is 15.9 Å². The molecule has 0 aliphatic heterocycles. The van der Waals surface area contributed by atoms with Gasteiger partial charge < -0.3 is 0 Å². The molecule has 0 saturated heterocycles. The van der Waals surface area contributed by atoms with Crippen molar-refractivity contribution in [3.8, 4) is 0 Å². The van der Waals surface area contributed by atoms with Crippen LogP contribution in [-0.4, -0.2) is 0 Å². The van der Waals surface area contributed by atoms with Gasteiger partial charge in [-0.1, -0.05) is 46.7 Å². The minimum Gasteiger partial charge on any atom is -0.166 e. The molecule has 0 amide bonds. The Hall–Kier alpha value is -0.940. The number of alkyl halides is 3. The van der Waals surface area contributed by atoms with E-state index in [-0.39, 0.29) is 4.90 Å². The van der Waals surface area contributed by atoms with Crippen LogP contribution >= 0.6 is 27.7 Å². The standard InChI is InChI=1S/C15H12BrF3S/c1-2-10-3-6-12(7-4-10)20-14-8-5-11(16)9-13(14)15(17,18)19/h3-9H,2H2,1H3. The van der Waals surface area contributed by atoms with E-state index in [9.17, 15) is 13.2 Å². The van der Waals surface area contributed by atoms with E-state index in [0.29, 0.717) is 4.47 Å². The van der Waals surface area contributed by atoms with Gasteiger partial charge >= 0.3 is 6.18 Å². The summed E-state index contributed by atoms with van der Waals surface area (Å²) in [6.45, 7) is 2.04. The molecular weight excluding hydrogens is 349 g/mol. The summed E-state index contributed by atoms with van der Waals surface area (Å²) in [6.07, 6.45) is -3.44. The fourth-order valence-corrected chi connectivity index (χ4v) is 3.04. The van der Waals surface area contributed by atoms with Gasteiger partial charge in [0, 0.05) is 14.3 Å². The van der Waals surface area contributed by atoms with Gasteiger partial charge in [-0.2, -0.15) is 13.2 Å². The smallest absolute Gasteiger partial charge is 0.166 e. The molecule has 0 radical (unpaired) electrons. The quantitative estimate of drug-likeness (QED) is 0.629. The Balaban J connectivity index is 2.32. The fourth-order valence-electron chi connectivity index (χ4n) is 1.73. The molecule has 0 saturated carbocycles. The summed E-state index contributed by atoms with van der Waals surface area (Å²) in [5, 5.41) is 0. The van der Waals surface area contributed by atoms with Crippen LogP contribution in [0.5, 0.6) is 0 Å². The van der Waals surface area contributed by atoms with Crippen molar-refractivity contribution in [2.24, 2.45) is 0 Å². The van der Waals surface area contributed by atoms with Crippen molar-refractivity contribution in [1.29, 1.82) is 0 Å². The predicted octanol–water partition coefficient (Wildman–Crippen LogP) is 6.18. The van der Waals surface area contributed by atoms with Crippen molar-refractivity contribution >= 4 is 27.7 Å². The minimum atomic E-state index is -4.35. The summed E-state index contributed by atoms with van der Waals surface area (Å²) in [4.78, 5) is 1.01. The van der Waals surface area contributed by atoms with Crippen molar-refractivity contribution in [1.82, 2.24) is 0 Å². The molecule has 0 unspecified atom stereocenters. The first-order valence-corrected chi connectivity index (χ1v) is 7.64. The molecule has 20 heavy (non-hydrogen) atoms. The van der Waals surface area contributed by atoms with Crippen molar-refractivity contribution < 1.29 is 13.2 Å². The molecule has 0 fully saturated rings. The third-order valence-corrected chi connectivity index (χ3v) is 4.38. The average Bonchev–Trinajstić information content (AvgIpc) is 2.40. The molecule has 5 heteroatoms. The lowest BCUT2D eigenvalue weighted by Gasteiger charge is -2.13. The Labute approximate surface area is 128 Å². The van der Waals surface area contributed by atoms with Crippen molar-refractivity contribution in [2.75, 3.05) is 0 Å². The first-order chi connectivity index (χ1) is 9.40. The summed E-state index contributed by atoms with van der Waals surface area (Å²) in [7, 11) is 0. The number of halogens is 4. The SMILES string of the molecule is CCc1ccc(Sc2ccc(Br)cc2C(F)(F)F)cc1. The van der Waals surface area contributed by atoms with Crippen molar-refractivity contribution in [3.63, 3.8) is 0 Å². The molecule has 0 atom stereocenters. The molecule has 0 spiro atoms. The van der Waals surface area contributed by atoms with Crippen LogP contribution in [0.2, 0.25) is 0 Å². The van der Waals surface area contributed by atoms with E-state index in [4.69, 9.17) is 0 Å². The Bertz CT molecular complexity index is 591. The highest BCUT2D eigenvalue weighted by Gasteiger charge is 2.33. The molecule has 2 aromatic rings. The molecule has 0 aliphatic carbocycles. The Kier molecular flexibility index (Phi) is 4.81. The highest BCUT2D eigenvalue weighted by atomic mass is 79.9. The molecule has 0 N–H and O–H groups in total. The second-order valence-corrected chi connectivity index (χ2v) is 6.27. The third-order valence-electron chi connectivity index (χ3n) is 2.81. The fraction of sp³-hybridized carbons (Fsp3) is 0.200. The van der Waals surface area contributed by atoms with Gasteiger partial charge in [0.2, 0.25) is 0 Å². The second kappa shape index (κ2) is 6.22. The minimum absolute atomic E-state index is 0.213. The Morgan fingerprint density at radius 1 is 1.05 bits per heavy atom. The maximum Gasteiger partial charge on any atom is 0.417 e. The lowest BCUT2D eigenvalue weighted by atomic mass is 10.2. The molecule has 2 rings (SSSR count). The molecular formula is C15H12BrF3S. The maximum absolute atomic E-state index is 13.0. The van der Waals surface area contributed by atoms with Gasteiger partial charge in [0.1, 0.15) is 0 Å². The highest BCUT2D eigenvalue weighted by Crippen LogP contribution is 2.40. The summed E-state index contributed by atoms with van der Waals surface area (Å²) < 4.78 is 39.5. The maximum atomic E-state index is 13.0. The molecule has 0 aliphatic rings. The molecule has 0 bridgehead atoms. The number of hydrogen-bond acceptors (Lipinski definition) is 1. The van der Waals surface area contributed by atoms with E-state index >= 15 is 0 Å². The number of benzene rings is 2. The summed E-state index contributed by atoms with van der Waals surface area (Å²) in [6, 6.07) is 11.8. The van der Waals surface area contributed by atoms with Gasteiger partial charge in [-0.3, -0.25) is 0 Å². The van der Waals surface area contributed by atoms with Gasteiger partial charge in [-0.25, -0.2) is 0 Å². The highest BCUT2D eigenvalue weighted by molar-refractivity contribution is 9.10. The first-order valence-electron chi connectivity index (χ1n) is 6.03. The Morgan fingerprint density at radius 3 is 2.25 bits per heavy atom. The van der Waals surface area contributed by atoms with Crippen LogP contribution in [0.1, 0.15) is 18.1 Å². The molecule has 2 aromatic carbocycles. The van der Waals surface area contributed by atoms with Crippen LogP contribution in [0.25, 0.3) is 0 Å². The van der Waals surface area contributed by atoms with E-state index in [1.165, 1.54) is 11.6 Å². The van der Waals surface area contributed by atoms with E-state index < -0.39 is 11.7 Å². The van der Waals surface area contributed by atoms with Crippen LogP contribution in [0.15, 0.2) is 56.7 Å². The average molecular weight is 361 g/mol. The van der Waals surface area contributed by atoms with Crippen LogP contribution in [0, 0.1) is 0 Å². The third kappa shape index (κ3) is 3.79. The van der Waals surface area contributed by atoms with Gasteiger partial charge in [0.15, 0.2) is 0 Å². The zero-order valence-electron chi connectivity index (χ0n) is 10.7. The summed E-state index contributed by atoms with van der Waals surface area (Å²) in [5.41, 5.74) is 0.553. The number of aryl methyl sites for hydroxylation is 1. The molecule has 0 aromatic heterocycles. The Morgan fingerprint density at radius 2 is 1.70 bits per heavy atom. The topological polar surface area (TPSA) is 0 Å². The molecule has 0 nitrogen and oxygen atoms in total. The largest absolute Gasteiger partial charge is 0.417 e. The van der Waals surface area contributed by atoms with Crippen molar-refractivity contribution in [2.45, 2.75) is 29.3 Å². The van der Waals surface area contributed by atoms with E-state index in [1.54, 1.807) is 6.07 Å². The number of rotatable bonds is 3. The lowest BCUT2D eigenvalue weighted by Crippen LogP contribution is -2.06. The molecule has 0 heterocycles. The molecule has 106 valence electrons. The van der Waals surface area contributed by atoms with Gasteiger partial charge in [0.25, 0.3) is 0 Å². The predicted molar refractivity (Wildman–Crippen MR) is 79.1 cm³/mol. The van der Waals surface area contributed by atoms with Gasteiger partial charge in [-0.05, 0) is 42.3 Å². The zero-order chi connectivity index (χ0) is 14.8. The van der Waals surface area contributed by atoms with E-state index in [1.807, 2.05) is 31.2 Å². The lowest BCUT2D eigenvalue weighted by molar-refractivity contribution is -0.139. The van der Waals surface area contributed by atoms with Crippen LogP contribution in [-0.2, 0) is 12.6 Å². The van der Waals surface area contributed by atoms with Crippen molar-refractivity contribution in [3.05, 3.63) is 58.1 Å².